The minimum absolute atomic E-state index is 0. The topological polar surface area (TPSA) is 73.5 Å². The Morgan fingerprint density at radius 2 is 2.04 bits per heavy atom. The number of carbonyl (C=O) groups is 2. The van der Waals surface area contributed by atoms with Gasteiger partial charge in [0.1, 0.15) is 0 Å². The number of amides is 3. The molecule has 144 valence electrons. The third kappa shape index (κ3) is 4.91. The number of urea groups is 1. The molecule has 1 heterocycles. The van der Waals surface area contributed by atoms with Crippen molar-refractivity contribution in [3.8, 4) is 0 Å². The van der Waals surface area contributed by atoms with Crippen LogP contribution in [0.25, 0.3) is 0 Å². The number of anilines is 2. The van der Waals surface area contributed by atoms with Crippen molar-refractivity contribution in [3.05, 3.63) is 58.6 Å². The fraction of sp³-hybridized carbons (Fsp3) is 0.263. The third-order valence-electron chi connectivity index (χ3n) is 4.19. The summed E-state index contributed by atoms with van der Waals surface area (Å²) in [5.41, 5.74) is 2.75. The predicted octanol–water partition coefficient (Wildman–Crippen LogP) is 3.65. The van der Waals surface area contributed by atoms with Crippen LogP contribution in [0.5, 0.6) is 0 Å². The van der Waals surface area contributed by atoms with Gasteiger partial charge in [-0.05, 0) is 36.4 Å². The number of nitrogens with zero attached hydrogens (tertiary/aromatic N) is 1. The molecule has 3 rings (SSSR count). The molecule has 2 aromatic carbocycles. The van der Waals surface area contributed by atoms with E-state index in [1.165, 1.54) is 4.90 Å². The van der Waals surface area contributed by atoms with Crippen LogP contribution in [0.15, 0.2) is 42.5 Å². The summed E-state index contributed by atoms with van der Waals surface area (Å²) in [6.07, 6.45) is 0. The SMILES string of the molecule is CCNCc1ccccc1NC(=O)c1ccc(Cl)c(N2CCNC2=O)c1.Cl. The van der Waals surface area contributed by atoms with E-state index in [0.29, 0.717) is 35.9 Å². The third-order valence-corrected chi connectivity index (χ3v) is 4.51. The van der Waals surface area contributed by atoms with Crippen LogP contribution in [0.2, 0.25) is 5.02 Å². The standard InChI is InChI=1S/C19H21ClN4O2.ClH/c1-2-21-12-14-5-3-4-6-16(14)23-18(25)13-7-8-15(20)17(11-13)24-10-9-22-19(24)26;/h3-8,11,21H,2,9-10,12H2,1H3,(H,22,26)(H,23,25);1H. The van der Waals surface area contributed by atoms with E-state index in [-0.39, 0.29) is 24.3 Å². The second-order valence-corrected chi connectivity index (χ2v) is 6.35. The lowest BCUT2D eigenvalue weighted by atomic mass is 10.1. The van der Waals surface area contributed by atoms with Crippen molar-refractivity contribution < 1.29 is 9.59 Å². The Labute approximate surface area is 169 Å². The smallest absolute Gasteiger partial charge is 0.322 e. The van der Waals surface area contributed by atoms with E-state index in [1.807, 2.05) is 31.2 Å². The minimum Gasteiger partial charge on any atom is -0.336 e. The van der Waals surface area contributed by atoms with Crippen molar-refractivity contribution in [3.63, 3.8) is 0 Å². The van der Waals surface area contributed by atoms with E-state index in [1.54, 1.807) is 18.2 Å². The van der Waals surface area contributed by atoms with Gasteiger partial charge in [0.2, 0.25) is 0 Å². The molecule has 1 saturated heterocycles. The number of halogens is 2. The Hall–Kier alpha value is -2.28. The first-order valence-corrected chi connectivity index (χ1v) is 8.93. The van der Waals surface area contributed by atoms with E-state index >= 15 is 0 Å². The maximum absolute atomic E-state index is 12.7. The minimum atomic E-state index is -0.244. The highest BCUT2D eigenvalue weighted by Crippen LogP contribution is 2.28. The van der Waals surface area contributed by atoms with Gasteiger partial charge in [0.15, 0.2) is 0 Å². The summed E-state index contributed by atoms with van der Waals surface area (Å²) in [5.74, 6) is -0.244. The molecule has 0 saturated carbocycles. The van der Waals surface area contributed by atoms with E-state index in [9.17, 15) is 9.59 Å². The molecule has 6 nitrogen and oxygen atoms in total. The van der Waals surface area contributed by atoms with Gasteiger partial charge in [0.25, 0.3) is 5.91 Å². The Kier molecular flexibility index (Phi) is 7.47. The molecular weight excluding hydrogens is 387 g/mol. The quantitative estimate of drug-likeness (QED) is 0.682. The first kappa shape index (κ1) is 21.0. The summed E-state index contributed by atoms with van der Waals surface area (Å²) >= 11 is 6.23. The first-order chi connectivity index (χ1) is 12.6. The average Bonchev–Trinajstić information content (AvgIpc) is 3.07. The summed E-state index contributed by atoms with van der Waals surface area (Å²) in [4.78, 5) is 26.1. The van der Waals surface area contributed by atoms with Crippen LogP contribution in [-0.4, -0.2) is 31.6 Å². The van der Waals surface area contributed by atoms with E-state index in [4.69, 9.17) is 11.6 Å². The van der Waals surface area contributed by atoms with Crippen molar-refractivity contribution in [1.29, 1.82) is 0 Å². The van der Waals surface area contributed by atoms with Crippen LogP contribution in [0.4, 0.5) is 16.2 Å². The summed E-state index contributed by atoms with van der Waals surface area (Å²) in [6, 6.07) is 12.4. The van der Waals surface area contributed by atoms with Crippen molar-refractivity contribution in [2.24, 2.45) is 0 Å². The molecule has 8 heteroatoms. The van der Waals surface area contributed by atoms with Gasteiger partial charge in [-0.15, -0.1) is 12.4 Å². The lowest BCUT2D eigenvalue weighted by Crippen LogP contribution is -2.28. The Morgan fingerprint density at radius 3 is 2.74 bits per heavy atom. The molecule has 1 aliphatic rings. The van der Waals surface area contributed by atoms with Crippen LogP contribution >= 0.6 is 24.0 Å². The van der Waals surface area contributed by atoms with Crippen molar-refractivity contribution in [2.45, 2.75) is 13.5 Å². The first-order valence-electron chi connectivity index (χ1n) is 8.55. The predicted molar refractivity (Wildman–Crippen MR) is 111 cm³/mol. The summed E-state index contributed by atoms with van der Waals surface area (Å²) < 4.78 is 0. The molecular formula is C19H22Cl2N4O2. The number of para-hydroxylation sites is 1. The Morgan fingerprint density at radius 1 is 1.26 bits per heavy atom. The largest absolute Gasteiger partial charge is 0.336 e. The number of benzene rings is 2. The lowest BCUT2D eigenvalue weighted by Gasteiger charge is -2.17. The van der Waals surface area contributed by atoms with Gasteiger partial charge in [-0.2, -0.15) is 0 Å². The van der Waals surface area contributed by atoms with Crippen LogP contribution in [0.1, 0.15) is 22.8 Å². The normalized spacial score (nSPS) is 13.1. The maximum atomic E-state index is 12.7. The summed E-state index contributed by atoms with van der Waals surface area (Å²) in [6.45, 7) is 4.64. The van der Waals surface area contributed by atoms with Crippen molar-refractivity contribution in [2.75, 3.05) is 29.9 Å². The number of rotatable bonds is 6. The van der Waals surface area contributed by atoms with Crippen LogP contribution in [0.3, 0.4) is 0 Å². The summed E-state index contributed by atoms with van der Waals surface area (Å²) in [7, 11) is 0. The number of carbonyl (C=O) groups excluding carboxylic acids is 2. The average molecular weight is 409 g/mol. The highest BCUT2D eigenvalue weighted by atomic mass is 35.5. The van der Waals surface area contributed by atoms with Gasteiger partial charge < -0.3 is 16.0 Å². The molecule has 3 N–H and O–H groups in total. The number of hydrogen-bond acceptors (Lipinski definition) is 3. The maximum Gasteiger partial charge on any atom is 0.322 e. The summed E-state index contributed by atoms with van der Waals surface area (Å²) in [5, 5.41) is 9.37. The number of hydrogen-bond donors (Lipinski definition) is 3. The van der Waals surface area contributed by atoms with Gasteiger partial charge >= 0.3 is 6.03 Å². The molecule has 2 aromatic rings. The van der Waals surface area contributed by atoms with Gasteiger partial charge in [0.05, 0.1) is 10.7 Å². The molecule has 0 unspecified atom stereocenters. The molecule has 0 bridgehead atoms. The second kappa shape index (κ2) is 9.60. The van der Waals surface area contributed by atoms with Crippen LogP contribution in [-0.2, 0) is 6.54 Å². The zero-order chi connectivity index (χ0) is 18.5. The van der Waals surface area contributed by atoms with Crippen LogP contribution < -0.4 is 20.9 Å². The van der Waals surface area contributed by atoms with E-state index in [2.05, 4.69) is 16.0 Å². The van der Waals surface area contributed by atoms with Crippen LogP contribution in [0, 0.1) is 0 Å². The van der Waals surface area contributed by atoms with Gasteiger partial charge in [-0.25, -0.2) is 4.79 Å². The molecule has 0 aliphatic carbocycles. The molecule has 1 aliphatic heterocycles. The monoisotopic (exact) mass is 408 g/mol. The fourth-order valence-electron chi connectivity index (χ4n) is 2.81. The van der Waals surface area contributed by atoms with Gasteiger partial charge in [0, 0.05) is 30.9 Å². The highest BCUT2D eigenvalue weighted by Gasteiger charge is 2.24. The van der Waals surface area contributed by atoms with Gasteiger partial charge in [-0.3, -0.25) is 9.69 Å². The molecule has 0 atom stereocenters. The highest BCUT2D eigenvalue weighted by molar-refractivity contribution is 6.34. The second-order valence-electron chi connectivity index (χ2n) is 5.94. The molecule has 0 radical (unpaired) electrons. The molecule has 0 spiro atoms. The molecule has 27 heavy (non-hydrogen) atoms. The zero-order valence-electron chi connectivity index (χ0n) is 14.9. The van der Waals surface area contributed by atoms with E-state index in [0.717, 1.165) is 17.8 Å². The Bertz CT molecular complexity index is 829. The molecule has 0 aromatic heterocycles. The fourth-order valence-corrected chi connectivity index (χ4v) is 3.03. The lowest BCUT2D eigenvalue weighted by molar-refractivity contribution is 0.102. The van der Waals surface area contributed by atoms with Gasteiger partial charge in [-0.1, -0.05) is 36.7 Å². The number of nitrogens with one attached hydrogen (secondary N) is 3. The van der Waals surface area contributed by atoms with Crippen molar-refractivity contribution in [1.82, 2.24) is 10.6 Å². The van der Waals surface area contributed by atoms with Crippen molar-refractivity contribution >= 4 is 47.3 Å². The Balaban J connectivity index is 0.00000261. The zero-order valence-corrected chi connectivity index (χ0v) is 16.5. The molecule has 1 fully saturated rings. The molecule has 3 amide bonds. The van der Waals surface area contributed by atoms with E-state index < -0.39 is 0 Å².